The van der Waals surface area contributed by atoms with E-state index in [1.165, 1.54) is 19.3 Å². The molecular formula is C11H30. The molecule has 0 aliphatic heterocycles. The van der Waals surface area contributed by atoms with Crippen molar-refractivity contribution in [2.45, 2.75) is 69.2 Å². The molecular weight excluding hydrogens is 132 g/mol. The van der Waals surface area contributed by atoms with Crippen molar-refractivity contribution >= 4 is 0 Å². The molecule has 0 heteroatoms. The fourth-order valence-electron chi connectivity index (χ4n) is 0.707. The van der Waals surface area contributed by atoms with Crippen LogP contribution in [0.5, 0.6) is 0 Å². The number of unbranched alkanes of at least 4 members (excludes halogenated alkanes) is 1. The van der Waals surface area contributed by atoms with E-state index in [0.29, 0.717) is 5.41 Å². The second kappa shape index (κ2) is 10.0. The molecule has 0 unspecified atom stereocenters. The van der Waals surface area contributed by atoms with Gasteiger partial charge in [-0.15, -0.1) is 0 Å². The average Bonchev–Trinajstić information content (AvgIpc) is 1.59. The Morgan fingerprint density at radius 2 is 1.27 bits per heavy atom. The first-order valence-electron chi connectivity index (χ1n) is 3.56. The molecule has 0 spiro atoms. The summed E-state index contributed by atoms with van der Waals surface area (Å²) >= 11 is 0. The van der Waals surface area contributed by atoms with E-state index in [1.54, 1.807) is 0 Å². The van der Waals surface area contributed by atoms with Crippen molar-refractivity contribution < 1.29 is 0 Å². The molecule has 0 radical (unpaired) electrons. The number of hydrogen-bond donors (Lipinski definition) is 0. The van der Waals surface area contributed by atoms with Crippen LogP contribution < -0.4 is 0 Å². The second-order valence-electron chi connectivity index (χ2n) is 3.66. The molecule has 0 rings (SSSR count). The van der Waals surface area contributed by atoms with Gasteiger partial charge in [-0.1, -0.05) is 62.8 Å². The summed E-state index contributed by atoms with van der Waals surface area (Å²) < 4.78 is 0. The molecule has 11 heavy (non-hydrogen) atoms. The molecule has 0 aromatic heterocycles. The molecule has 0 nitrogen and oxygen atoms in total. The summed E-state index contributed by atoms with van der Waals surface area (Å²) in [6.45, 7) is 9.12. The first kappa shape index (κ1) is 22.4. The highest BCUT2D eigenvalue weighted by Crippen LogP contribution is 2.20. The predicted octanol–water partition coefficient (Wildman–Crippen LogP) is 5.13. The maximum Gasteiger partial charge on any atom is -0.0383 e. The molecule has 0 aromatic carbocycles. The molecule has 0 saturated carbocycles. The summed E-state index contributed by atoms with van der Waals surface area (Å²) in [7, 11) is 0. The zero-order valence-corrected chi connectivity index (χ0v) is 6.62. The fourth-order valence-corrected chi connectivity index (χ4v) is 0.707. The van der Waals surface area contributed by atoms with E-state index in [2.05, 4.69) is 27.7 Å². The summed E-state index contributed by atoms with van der Waals surface area (Å²) in [6.07, 6.45) is 4.07. The standard InChI is InChI=1S/C8H18.3CH4/c1-5-6-7-8(2,3)4;;;/h5-7H2,1-4H3;3*1H4. The maximum absolute atomic E-state index is 2.29. The largest absolute Gasteiger partial charge is 0.0776 e. The van der Waals surface area contributed by atoms with Crippen LogP contribution in [0.25, 0.3) is 0 Å². The minimum Gasteiger partial charge on any atom is -0.0776 e. The van der Waals surface area contributed by atoms with Crippen LogP contribution >= 0.6 is 0 Å². The summed E-state index contributed by atoms with van der Waals surface area (Å²) in [6, 6.07) is 0. The van der Waals surface area contributed by atoms with Gasteiger partial charge in [0, 0.05) is 0 Å². The van der Waals surface area contributed by atoms with Crippen LogP contribution in [0, 0.1) is 5.41 Å². The van der Waals surface area contributed by atoms with Crippen molar-refractivity contribution in [2.75, 3.05) is 0 Å². The molecule has 0 saturated heterocycles. The summed E-state index contributed by atoms with van der Waals surface area (Å²) in [4.78, 5) is 0. The minimum atomic E-state index is 0. The van der Waals surface area contributed by atoms with E-state index < -0.39 is 0 Å². The van der Waals surface area contributed by atoms with Gasteiger partial charge in [-0.3, -0.25) is 0 Å². The first-order valence-corrected chi connectivity index (χ1v) is 3.56. The first-order chi connectivity index (χ1) is 3.56. The normalized spacial score (nSPS) is 8.73. The van der Waals surface area contributed by atoms with Crippen LogP contribution in [0.15, 0.2) is 0 Å². The number of hydrogen-bond acceptors (Lipinski definition) is 0. The maximum atomic E-state index is 2.29. The van der Waals surface area contributed by atoms with Gasteiger partial charge in [-0.05, 0) is 11.8 Å². The third kappa shape index (κ3) is 25.6. The topological polar surface area (TPSA) is 0 Å². The van der Waals surface area contributed by atoms with Gasteiger partial charge in [0.2, 0.25) is 0 Å². The Morgan fingerprint density at radius 3 is 1.36 bits per heavy atom. The lowest BCUT2D eigenvalue weighted by Crippen LogP contribution is -2.03. The van der Waals surface area contributed by atoms with Crippen molar-refractivity contribution in [3.63, 3.8) is 0 Å². The molecule has 0 aromatic rings. The summed E-state index contributed by atoms with van der Waals surface area (Å²) in [5.41, 5.74) is 0.552. The second-order valence-corrected chi connectivity index (χ2v) is 3.66. The van der Waals surface area contributed by atoms with Crippen LogP contribution in [0.3, 0.4) is 0 Å². The molecule has 0 atom stereocenters. The van der Waals surface area contributed by atoms with Crippen LogP contribution in [-0.2, 0) is 0 Å². The van der Waals surface area contributed by atoms with Crippen molar-refractivity contribution in [2.24, 2.45) is 5.41 Å². The highest BCUT2D eigenvalue weighted by atomic mass is 14.1. The summed E-state index contributed by atoms with van der Waals surface area (Å²) in [5.74, 6) is 0. The smallest absolute Gasteiger partial charge is 0.0383 e. The average molecular weight is 162 g/mol. The lowest BCUT2D eigenvalue weighted by Gasteiger charge is -2.16. The fraction of sp³-hybridized carbons (Fsp3) is 1.00. The zero-order valence-electron chi connectivity index (χ0n) is 6.62. The van der Waals surface area contributed by atoms with Crippen LogP contribution in [-0.4, -0.2) is 0 Å². The lowest BCUT2D eigenvalue weighted by atomic mass is 9.90. The molecule has 0 aliphatic carbocycles. The Hall–Kier alpha value is 0. The van der Waals surface area contributed by atoms with Gasteiger partial charge in [0.1, 0.15) is 0 Å². The quantitative estimate of drug-likeness (QED) is 0.528. The molecule has 0 amide bonds. The lowest BCUT2D eigenvalue weighted by molar-refractivity contribution is 0.363. The van der Waals surface area contributed by atoms with Crippen molar-refractivity contribution in [1.82, 2.24) is 0 Å². The monoisotopic (exact) mass is 162 g/mol. The Bertz CT molecular complexity index is 47.5. The van der Waals surface area contributed by atoms with E-state index in [9.17, 15) is 0 Å². The van der Waals surface area contributed by atoms with E-state index in [4.69, 9.17) is 0 Å². The minimum absolute atomic E-state index is 0. The van der Waals surface area contributed by atoms with Gasteiger partial charge >= 0.3 is 0 Å². The van der Waals surface area contributed by atoms with Crippen LogP contribution in [0.4, 0.5) is 0 Å². The molecule has 0 aliphatic rings. The molecule has 0 bridgehead atoms. The zero-order chi connectivity index (χ0) is 6.62. The van der Waals surface area contributed by atoms with Gasteiger partial charge < -0.3 is 0 Å². The Labute approximate surface area is 75.4 Å². The van der Waals surface area contributed by atoms with Gasteiger partial charge in [0.25, 0.3) is 0 Å². The van der Waals surface area contributed by atoms with Gasteiger partial charge in [-0.2, -0.15) is 0 Å². The summed E-state index contributed by atoms with van der Waals surface area (Å²) in [5, 5.41) is 0. The Morgan fingerprint density at radius 1 is 0.909 bits per heavy atom. The van der Waals surface area contributed by atoms with Crippen LogP contribution in [0.1, 0.15) is 69.2 Å². The number of rotatable bonds is 2. The Balaban J connectivity index is -0.0000000817. The van der Waals surface area contributed by atoms with Crippen molar-refractivity contribution in [3.8, 4) is 0 Å². The van der Waals surface area contributed by atoms with Crippen molar-refractivity contribution in [1.29, 1.82) is 0 Å². The van der Waals surface area contributed by atoms with Gasteiger partial charge in [-0.25, -0.2) is 0 Å². The SMILES string of the molecule is C.C.C.CCCCC(C)(C)C. The molecule has 0 fully saturated rings. The van der Waals surface area contributed by atoms with E-state index >= 15 is 0 Å². The van der Waals surface area contributed by atoms with E-state index in [0.717, 1.165) is 0 Å². The Kier molecular flexibility index (Phi) is 20.4. The van der Waals surface area contributed by atoms with E-state index in [-0.39, 0.29) is 22.3 Å². The molecule has 0 heterocycles. The third-order valence-electron chi connectivity index (χ3n) is 1.28. The van der Waals surface area contributed by atoms with Crippen LogP contribution in [0.2, 0.25) is 0 Å². The van der Waals surface area contributed by atoms with Gasteiger partial charge in [0.05, 0.1) is 0 Å². The molecule has 74 valence electrons. The van der Waals surface area contributed by atoms with Gasteiger partial charge in [0.15, 0.2) is 0 Å². The highest BCUT2D eigenvalue weighted by molar-refractivity contribution is 4.59. The van der Waals surface area contributed by atoms with E-state index in [1.807, 2.05) is 0 Å². The van der Waals surface area contributed by atoms with Crippen molar-refractivity contribution in [3.05, 3.63) is 0 Å². The molecule has 0 N–H and O–H groups in total. The highest BCUT2D eigenvalue weighted by Gasteiger charge is 2.07. The third-order valence-corrected chi connectivity index (χ3v) is 1.28. The predicted molar refractivity (Wildman–Crippen MR) is 59.2 cm³/mol.